The molecule has 7 heteroatoms. The Hall–Kier alpha value is -3.37. The smallest absolute Gasteiger partial charge is 0.205 e. The quantitative estimate of drug-likeness (QED) is 0.695. The van der Waals surface area contributed by atoms with Gasteiger partial charge in [0.2, 0.25) is 5.88 Å². The summed E-state index contributed by atoms with van der Waals surface area (Å²) in [6.45, 7) is 0. The van der Waals surface area contributed by atoms with Crippen molar-refractivity contribution in [3.05, 3.63) is 94.3 Å². The lowest BCUT2D eigenvalue weighted by Crippen LogP contribution is -2.23. The van der Waals surface area contributed by atoms with Crippen LogP contribution in [-0.4, -0.2) is 14.8 Å². The van der Waals surface area contributed by atoms with E-state index in [0.717, 1.165) is 15.6 Å². The molecule has 1 unspecified atom stereocenters. The van der Waals surface area contributed by atoms with E-state index in [9.17, 15) is 5.26 Å². The molecule has 0 radical (unpaired) electrons. The Morgan fingerprint density at radius 2 is 1.85 bits per heavy atom. The summed E-state index contributed by atoms with van der Waals surface area (Å²) in [5.41, 5.74) is 8.90. The molecule has 6 nitrogen and oxygen atoms in total. The number of nitrogens with zero attached hydrogens (tertiary/aromatic N) is 4. The van der Waals surface area contributed by atoms with Gasteiger partial charge in [-0.15, -0.1) is 0 Å². The van der Waals surface area contributed by atoms with Crippen LogP contribution in [0.2, 0.25) is 0 Å². The van der Waals surface area contributed by atoms with E-state index in [1.54, 1.807) is 11.0 Å². The number of nitrogens with two attached hydrogens (primary N) is 1. The highest BCUT2D eigenvalue weighted by atomic mass is 79.9. The second-order valence-electron chi connectivity index (χ2n) is 5.90. The lowest BCUT2D eigenvalue weighted by molar-refractivity contribution is 0.360. The SMILES string of the molecule is N#CC1=C(N)OC(c2ccccc2)=C(n2cncn2)C1c1ccc(Br)cc1. The van der Waals surface area contributed by atoms with E-state index in [1.807, 2.05) is 54.6 Å². The summed E-state index contributed by atoms with van der Waals surface area (Å²) in [7, 11) is 0. The van der Waals surface area contributed by atoms with Crippen LogP contribution in [-0.2, 0) is 4.74 Å². The minimum absolute atomic E-state index is 0.0909. The first-order valence-corrected chi connectivity index (χ1v) is 8.96. The highest BCUT2D eigenvalue weighted by Crippen LogP contribution is 2.44. The van der Waals surface area contributed by atoms with E-state index in [1.165, 1.54) is 6.33 Å². The van der Waals surface area contributed by atoms with Crippen molar-refractivity contribution >= 4 is 27.4 Å². The second kappa shape index (κ2) is 7.09. The minimum Gasteiger partial charge on any atom is -0.438 e. The molecular weight excluding hydrogens is 406 g/mol. The van der Waals surface area contributed by atoms with Crippen molar-refractivity contribution in [2.24, 2.45) is 5.73 Å². The van der Waals surface area contributed by atoms with Crippen LogP contribution in [0.15, 0.2) is 83.2 Å². The third kappa shape index (κ3) is 3.11. The summed E-state index contributed by atoms with van der Waals surface area (Å²) < 4.78 is 8.48. The zero-order valence-electron chi connectivity index (χ0n) is 14.1. The van der Waals surface area contributed by atoms with Crippen molar-refractivity contribution in [1.29, 1.82) is 5.26 Å². The van der Waals surface area contributed by atoms with Crippen molar-refractivity contribution in [1.82, 2.24) is 14.8 Å². The lowest BCUT2D eigenvalue weighted by Gasteiger charge is -2.29. The molecule has 0 aliphatic carbocycles. The van der Waals surface area contributed by atoms with Crippen LogP contribution in [0.4, 0.5) is 0 Å². The molecule has 132 valence electrons. The molecule has 1 aromatic heterocycles. The van der Waals surface area contributed by atoms with Gasteiger partial charge in [0.05, 0.1) is 11.6 Å². The molecule has 0 spiro atoms. The van der Waals surface area contributed by atoms with Gasteiger partial charge in [-0.2, -0.15) is 10.4 Å². The maximum atomic E-state index is 9.77. The maximum Gasteiger partial charge on any atom is 0.205 e. The number of hydrogen-bond acceptors (Lipinski definition) is 5. The van der Waals surface area contributed by atoms with E-state index in [4.69, 9.17) is 10.5 Å². The number of halogens is 1. The predicted molar refractivity (Wildman–Crippen MR) is 104 cm³/mol. The van der Waals surface area contributed by atoms with Gasteiger partial charge in [-0.05, 0) is 17.7 Å². The van der Waals surface area contributed by atoms with Crippen LogP contribution in [0.25, 0.3) is 11.5 Å². The van der Waals surface area contributed by atoms with Gasteiger partial charge in [0.1, 0.15) is 24.3 Å². The van der Waals surface area contributed by atoms with Crippen LogP contribution in [0.1, 0.15) is 17.0 Å². The number of ether oxygens (including phenoxy) is 1. The summed E-state index contributed by atoms with van der Waals surface area (Å²) in [6, 6.07) is 19.6. The van der Waals surface area contributed by atoms with Gasteiger partial charge < -0.3 is 10.5 Å². The Morgan fingerprint density at radius 1 is 1.11 bits per heavy atom. The van der Waals surface area contributed by atoms with Crippen molar-refractivity contribution in [3.63, 3.8) is 0 Å². The van der Waals surface area contributed by atoms with Gasteiger partial charge in [-0.3, -0.25) is 0 Å². The molecule has 1 aliphatic rings. The monoisotopic (exact) mass is 419 g/mol. The first-order chi connectivity index (χ1) is 13.2. The Kier molecular flexibility index (Phi) is 4.48. The fourth-order valence-corrected chi connectivity index (χ4v) is 3.36. The highest BCUT2D eigenvalue weighted by molar-refractivity contribution is 9.10. The van der Waals surface area contributed by atoms with Crippen molar-refractivity contribution in [2.75, 3.05) is 0 Å². The normalized spacial score (nSPS) is 16.8. The summed E-state index contributed by atoms with van der Waals surface area (Å²) in [6.07, 6.45) is 3.03. The molecule has 1 aliphatic heterocycles. The third-order valence-corrected chi connectivity index (χ3v) is 4.83. The fourth-order valence-electron chi connectivity index (χ4n) is 3.09. The van der Waals surface area contributed by atoms with Crippen molar-refractivity contribution in [2.45, 2.75) is 5.92 Å². The van der Waals surface area contributed by atoms with Crippen LogP contribution < -0.4 is 5.73 Å². The Labute approximate surface area is 164 Å². The van der Waals surface area contributed by atoms with Gasteiger partial charge in [0, 0.05) is 10.0 Å². The fraction of sp³-hybridized carbons (Fsp3) is 0.0500. The summed E-state index contributed by atoms with van der Waals surface area (Å²) >= 11 is 3.45. The van der Waals surface area contributed by atoms with Gasteiger partial charge in [0.15, 0.2) is 5.76 Å². The topological polar surface area (TPSA) is 89.8 Å². The Morgan fingerprint density at radius 3 is 2.48 bits per heavy atom. The van der Waals surface area contributed by atoms with Crippen molar-refractivity contribution < 1.29 is 4.74 Å². The zero-order chi connectivity index (χ0) is 18.8. The molecule has 2 N–H and O–H groups in total. The highest BCUT2D eigenvalue weighted by Gasteiger charge is 2.35. The Bertz CT molecular complexity index is 1060. The number of allylic oxidation sites excluding steroid dienone is 2. The van der Waals surface area contributed by atoms with Gasteiger partial charge in [0.25, 0.3) is 0 Å². The first-order valence-electron chi connectivity index (χ1n) is 8.16. The number of aromatic nitrogens is 3. The van der Waals surface area contributed by atoms with E-state index in [0.29, 0.717) is 17.0 Å². The van der Waals surface area contributed by atoms with Crippen molar-refractivity contribution in [3.8, 4) is 6.07 Å². The molecule has 3 aromatic rings. The minimum atomic E-state index is -0.436. The van der Waals surface area contributed by atoms with E-state index < -0.39 is 5.92 Å². The van der Waals surface area contributed by atoms with E-state index in [-0.39, 0.29) is 5.88 Å². The average molecular weight is 420 g/mol. The first kappa shape index (κ1) is 17.1. The average Bonchev–Trinajstić information content (AvgIpc) is 3.23. The molecular formula is C20H14BrN5O. The molecule has 27 heavy (non-hydrogen) atoms. The number of nitriles is 1. The molecule has 1 atom stereocenters. The van der Waals surface area contributed by atoms with Gasteiger partial charge in [-0.25, -0.2) is 9.67 Å². The summed E-state index contributed by atoms with van der Waals surface area (Å²) in [5.74, 6) is 0.201. The van der Waals surface area contributed by atoms with E-state index in [2.05, 4.69) is 32.1 Å². The summed E-state index contributed by atoms with van der Waals surface area (Å²) in [4.78, 5) is 4.06. The largest absolute Gasteiger partial charge is 0.438 e. The zero-order valence-corrected chi connectivity index (χ0v) is 15.7. The molecule has 0 saturated carbocycles. The van der Waals surface area contributed by atoms with Gasteiger partial charge in [-0.1, -0.05) is 58.4 Å². The number of benzene rings is 2. The molecule has 0 amide bonds. The summed E-state index contributed by atoms with van der Waals surface area (Å²) in [5, 5.41) is 14.1. The molecule has 4 rings (SSSR count). The molecule has 0 bridgehead atoms. The van der Waals surface area contributed by atoms with Crippen LogP contribution >= 0.6 is 15.9 Å². The Balaban J connectivity index is 2.00. The molecule has 2 heterocycles. The van der Waals surface area contributed by atoms with Crippen LogP contribution in [0.3, 0.4) is 0 Å². The molecule has 2 aromatic carbocycles. The number of hydrogen-bond donors (Lipinski definition) is 1. The third-order valence-electron chi connectivity index (χ3n) is 4.30. The molecule has 0 fully saturated rings. The van der Waals surface area contributed by atoms with Crippen LogP contribution in [0.5, 0.6) is 0 Å². The van der Waals surface area contributed by atoms with Crippen LogP contribution in [0, 0.1) is 11.3 Å². The van der Waals surface area contributed by atoms with E-state index >= 15 is 0 Å². The maximum absolute atomic E-state index is 9.77. The standard InChI is InChI=1S/C20H14BrN5O/c21-15-8-6-13(7-9-15)17-16(10-22)20(23)27-19(14-4-2-1-3-5-14)18(17)26-12-24-11-25-26/h1-9,11-12,17H,23H2. The van der Waals surface area contributed by atoms with Gasteiger partial charge >= 0.3 is 0 Å². The second-order valence-corrected chi connectivity index (χ2v) is 6.81. The predicted octanol–water partition coefficient (Wildman–Crippen LogP) is 3.87. The number of rotatable bonds is 3. The lowest BCUT2D eigenvalue weighted by atomic mass is 9.86. The molecule has 0 saturated heterocycles.